The zero-order valence-electron chi connectivity index (χ0n) is 5.14. The third-order valence-corrected chi connectivity index (χ3v) is 2.68. The van der Waals surface area contributed by atoms with Gasteiger partial charge in [-0.1, -0.05) is 23.7 Å². The van der Waals surface area contributed by atoms with Crippen molar-refractivity contribution < 1.29 is 5.11 Å². The Labute approximate surface area is 72.8 Å². The summed E-state index contributed by atoms with van der Waals surface area (Å²) in [5.74, 6) is 0. The molecule has 0 saturated heterocycles. The average molecular weight is 221 g/mol. The Morgan fingerprint density at radius 2 is 2.20 bits per heavy atom. The minimum Gasteiger partial charge on any atom is -0.392 e. The summed E-state index contributed by atoms with van der Waals surface area (Å²) in [5.41, 5.74) is 0.813. The molecule has 1 rings (SSSR count). The molecular weight excluding hydrogens is 215 g/mol. The molecule has 0 aliphatic carbocycles. The smallest absolute Gasteiger partial charge is 0.0693 e. The highest BCUT2D eigenvalue weighted by atomic mass is 79.9. The van der Waals surface area contributed by atoms with E-state index < -0.39 is 0 Å². The van der Waals surface area contributed by atoms with E-state index in [1.165, 1.54) is 0 Å². The van der Waals surface area contributed by atoms with E-state index in [9.17, 15) is 0 Å². The van der Waals surface area contributed by atoms with Gasteiger partial charge in [-0.3, -0.25) is 0 Å². The lowest BCUT2D eigenvalue weighted by molar-refractivity contribution is 0.281. The molecule has 10 heavy (non-hydrogen) atoms. The number of aliphatic hydroxyl groups is 1. The van der Waals surface area contributed by atoms with Gasteiger partial charge in [-0.15, -0.1) is 0 Å². The molecule has 0 fully saturated rings. The molecule has 0 unspecified atom stereocenters. The van der Waals surface area contributed by atoms with Crippen molar-refractivity contribution in [2.75, 3.05) is 0 Å². The molecule has 0 aliphatic heterocycles. The molecule has 0 saturated carbocycles. The van der Waals surface area contributed by atoms with Crippen molar-refractivity contribution in [1.82, 2.24) is 0 Å². The highest BCUT2D eigenvalue weighted by Gasteiger charge is 2.00. The first-order valence-electron chi connectivity index (χ1n) is 2.79. The van der Waals surface area contributed by atoms with Crippen molar-refractivity contribution >= 4 is 27.5 Å². The third-order valence-electron chi connectivity index (χ3n) is 1.20. The zero-order chi connectivity index (χ0) is 7.56. The zero-order valence-corrected chi connectivity index (χ0v) is 7.48. The summed E-state index contributed by atoms with van der Waals surface area (Å²) < 4.78 is 0.777. The summed E-state index contributed by atoms with van der Waals surface area (Å²) >= 11 is 8.98. The van der Waals surface area contributed by atoms with Crippen molar-refractivity contribution in [3.63, 3.8) is 0 Å². The molecule has 0 heterocycles. The van der Waals surface area contributed by atoms with Crippen molar-refractivity contribution in [3.05, 3.63) is 33.3 Å². The predicted octanol–water partition coefficient (Wildman–Crippen LogP) is 2.59. The number of rotatable bonds is 1. The monoisotopic (exact) mass is 220 g/mol. The SMILES string of the molecule is OCc1cccc(Cl)c1Br. The predicted molar refractivity (Wildman–Crippen MR) is 45.1 cm³/mol. The number of hydrogen-bond donors (Lipinski definition) is 1. The van der Waals surface area contributed by atoms with Crippen LogP contribution in [0.1, 0.15) is 5.56 Å². The van der Waals surface area contributed by atoms with Crippen LogP contribution in [0, 0.1) is 0 Å². The van der Waals surface area contributed by atoms with Crippen LogP contribution >= 0.6 is 27.5 Å². The molecule has 1 aromatic carbocycles. The Kier molecular flexibility index (Phi) is 2.72. The highest BCUT2D eigenvalue weighted by Crippen LogP contribution is 2.25. The van der Waals surface area contributed by atoms with E-state index in [4.69, 9.17) is 16.7 Å². The maximum Gasteiger partial charge on any atom is 0.0693 e. The number of halogens is 2. The molecule has 1 nitrogen and oxygen atoms in total. The minimum atomic E-state index is 0.0150. The maximum absolute atomic E-state index is 8.75. The standard InChI is InChI=1S/C7H6BrClO/c8-7-5(4-10)2-1-3-6(7)9/h1-3,10H,4H2. The molecule has 54 valence electrons. The van der Waals surface area contributed by atoms with E-state index in [0.29, 0.717) is 5.02 Å². The molecule has 0 amide bonds. The van der Waals surface area contributed by atoms with E-state index in [-0.39, 0.29) is 6.61 Å². The maximum atomic E-state index is 8.75. The average Bonchev–Trinajstić information content (AvgIpc) is 1.95. The summed E-state index contributed by atoms with van der Waals surface area (Å²) in [4.78, 5) is 0. The van der Waals surface area contributed by atoms with Gasteiger partial charge in [-0.25, -0.2) is 0 Å². The highest BCUT2D eigenvalue weighted by molar-refractivity contribution is 9.10. The van der Waals surface area contributed by atoms with Gasteiger partial charge in [0, 0.05) is 4.47 Å². The van der Waals surface area contributed by atoms with Crippen molar-refractivity contribution in [3.8, 4) is 0 Å². The normalized spacial score (nSPS) is 9.90. The Balaban J connectivity index is 3.14. The van der Waals surface area contributed by atoms with E-state index in [1.54, 1.807) is 12.1 Å². The van der Waals surface area contributed by atoms with Crippen LogP contribution in [0.2, 0.25) is 5.02 Å². The lowest BCUT2D eigenvalue weighted by Crippen LogP contribution is -1.83. The van der Waals surface area contributed by atoms with Gasteiger partial charge in [-0.05, 0) is 27.6 Å². The summed E-state index contributed by atoms with van der Waals surface area (Å²) in [6, 6.07) is 5.39. The first kappa shape index (κ1) is 8.05. The summed E-state index contributed by atoms with van der Waals surface area (Å²) in [6.45, 7) is 0.0150. The van der Waals surface area contributed by atoms with Crippen LogP contribution < -0.4 is 0 Å². The van der Waals surface area contributed by atoms with Crippen LogP contribution in [0.4, 0.5) is 0 Å². The Morgan fingerprint density at radius 1 is 1.50 bits per heavy atom. The topological polar surface area (TPSA) is 20.2 Å². The fourth-order valence-corrected chi connectivity index (χ4v) is 1.25. The fourth-order valence-electron chi connectivity index (χ4n) is 0.671. The van der Waals surface area contributed by atoms with E-state index >= 15 is 0 Å². The summed E-state index contributed by atoms with van der Waals surface area (Å²) in [5, 5.41) is 9.39. The van der Waals surface area contributed by atoms with Crippen LogP contribution in [-0.4, -0.2) is 5.11 Å². The van der Waals surface area contributed by atoms with Crippen molar-refractivity contribution in [1.29, 1.82) is 0 Å². The quantitative estimate of drug-likeness (QED) is 0.773. The lowest BCUT2D eigenvalue weighted by atomic mass is 10.2. The largest absolute Gasteiger partial charge is 0.392 e. The van der Waals surface area contributed by atoms with E-state index in [2.05, 4.69) is 15.9 Å². The van der Waals surface area contributed by atoms with Crippen LogP contribution in [0.15, 0.2) is 22.7 Å². The summed E-state index contributed by atoms with van der Waals surface area (Å²) in [7, 11) is 0. The van der Waals surface area contributed by atoms with Crippen molar-refractivity contribution in [2.24, 2.45) is 0 Å². The third kappa shape index (κ3) is 1.51. The van der Waals surface area contributed by atoms with Crippen LogP contribution in [0.3, 0.4) is 0 Å². The Hall–Kier alpha value is -0.0500. The van der Waals surface area contributed by atoms with Crippen LogP contribution in [-0.2, 0) is 6.61 Å². The Morgan fingerprint density at radius 3 is 2.70 bits per heavy atom. The number of aliphatic hydroxyl groups excluding tert-OH is 1. The molecule has 0 atom stereocenters. The van der Waals surface area contributed by atoms with Gasteiger partial charge >= 0.3 is 0 Å². The van der Waals surface area contributed by atoms with Gasteiger partial charge in [0.25, 0.3) is 0 Å². The first-order valence-corrected chi connectivity index (χ1v) is 3.96. The molecule has 0 bridgehead atoms. The minimum absolute atomic E-state index is 0.0150. The molecule has 1 aromatic rings. The second-order valence-corrected chi connectivity index (χ2v) is 3.07. The van der Waals surface area contributed by atoms with E-state index in [0.717, 1.165) is 10.0 Å². The second kappa shape index (κ2) is 3.37. The molecular formula is C7H6BrClO. The van der Waals surface area contributed by atoms with Gasteiger partial charge in [0.2, 0.25) is 0 Å². The first-order chi connectivity index (χ1) is 4.75. The molecule has 0 radical (unpaired) electrons. The molecule has 1 N–H and O–H groups in total. The van der Waals surface area contributed by atoms with Crippen LogP contribution in [0.5, 0.6) is 0 Å². The lowest BCUT2D eigenvalue weighted by Gasteiger charge is -2.00. The second-order valence-electron chi connectivity index (χ2n) is 1.87. The molecule has 3 heteroatoms. The fraction of sp³-hybridized carbons (Fsp3) is 0.143. The molecule has 0 aliphatic rings. The van der Waals surface area contributed by atoms with Crippen molar-refractivity contribution in [2.45, 2.75) is 6.61 Å². The van der Waals surface area contributed by atoms with Gasteiger partial charge in [-0.2, -0.15) is 0 Å². The summed E-state index contributed by atoms with van der Waals surface area (Å²) in [6.07, 6.45) is 0. The number of hydrogen-bond acceptors (Lipinski definition) is 1. The van der Waals surface area contributed by atoms with Gasteiger partial charge in [0.15, 0.2) is 0 Å². The van der Waals surface area contributed by atoms with E-state index in [1.807, 2.05) is 6.07 Å². The molecule has 0 aromatic heterocycles. The van der Waals surface area contributed by atoms with Crippen LogP contribution in [0.25, 0.3) is 0 Å². The molecule has 0 spiro atoms. The van der Waals surface area contributed by atoms with Gasteiger partial charge < -0.3 is 5.11 Å². The number of benzene rings is 1. The Bertz CT molecular complexity index is 237. The van der Waals surface area contributed by atoms with Gasteiger partial charge in [0.1, 0.15) is 0 Å². The van der Waals surface area contributed by atoms with Gasteiger partial charge in [0.05, 0.1) is 11.6 Å².